The van der Waals surface area contributed by atoms with E-state index in [2.05, 4.69) is 27.1 Å². The van der Waals surface area contributed by atoms with Gasteiger partial charge in [0, 0.05) is 57.0 Å². The van der Waals surface area contributed by atoms with E-state index in [1.165, 1.54) is 11.0 Å². The lowest BCUT2D eigenvalue weighted by molar-refractivity contribution is -0.137. The number of nitrogens with zero attached hydrogens (tertiary/aromatic N) is 3. The van der Waals surface area contributed by atoms with E-state index in [9.17, 15) is 14.7 Å². The molecule has 1 aliphatic heterocycles. The number of likely N-dealkylation sites (N-methyl/N-ethyl adjacent to an activating group) is 1. The Hall–Kier alpha value is -3.48. The van der Waals surface area contributed by atoms with Gasteiger partial charge in [0.25, 0.3) is 11.8 Å². The zero-order valence-corrected chi connectivity index (χ0v) is 18.4. The highest BCUT2D eigenvalue weighted by atomic mass is 16.5. The van der Waals surface area contributed by atoms with Crippen LogP contribution in [0.2, 0.25) is 0 Å². The fourth-order valence-corrected chi connectivity index (χ4v) is 3.28. The molecule has 2 aromatic rings. The molecule has 4 N–H and O–H groups in total. The van der Waals surface area contributed by atoms with Gasteiger partial charge in [0.2, 0.25) is 5.60 Å². The van der Waals surface area contributed by atoms with Crippen molar-refractivity contribution in [2.24, 2.45) is 5.73 Å². The molecule has 2 unspecified atom stereocenters. The second-order valence-electron chi connectivity index (χ2n) is 7.82. The van der Waals surface area contributed by atoms with Crippen LogP contribution >= 0.6 is 0 Å². The van der Waals surface area contributed by atoms with E-state index >= 15 is 0 Å². The molecule has 2 heterocycles. The van der Waals surface area contributed by atoms with E-state index in [1.54, 1.807) is 38.4 Å². The maximum atomic E-state index is 12.1. The molecule has 32 heavy (non-hydrogen) atoms. The number of ether oxygens (including phenoxy) is 1. The number of carbonyl (C=O) groups excluding carboxylic acids is 2. The van der Waals surface area contributed by atoms with E-state index in [1.807, 2.05) is 6.92 Å². The number of carbonyl (C=O) groups is 2. The predicted octanol–water partition coefficient (Wildman–Crippen LogP) is 1.02. The SMILES string of the molecule is COCCC(C)Nc1cc(C(N)=O)nc(-c2cccc(C#CC3(O)CCN(C)C3=O)c2)n1. The van der Waals surface area contributed by atoms with Gasteiger partial charge in [-0.1, -0.05) is 24.0 Å². The molecule has 0 saturated carbocycles. The number of methoxy groups -OCH3 is 1. The highest BCUT2D eigenvalue weighted by Gasteiger charge is 2.42. The summed E-state index contributed by atoms with van der Waals surface area (Å²) < 4.78 is 5.10. The maximum Gasteiger partial charge on any atom is 0.267 e. The Labute approximate surface area is 187 Å². The van der Waals surface area contributed by atoms with Gasteiger partial charge >= 0.3 is 0 Å². The van der Waals surface area contributed by atoms with Crippen LogP contribution < -0.4 is 11.1 Å². The van der Waals surface area contributed by atoms with Crippen molar-refractivity contribution in [2.45, 2.75) is 31.4 Å². The van der Waals surface area contributed by atoms with Crippen molar-refractivity contribution < 1.29 is 19.4 Å². The molecule has 1 aliphatic rings. The number of amides is 2. The zero-order chi connectivity index (χ0) is 23.3. The quantitative estimate of drug-likeness (QED) is 0.551. The van der Waals surface area contributed by atoms with Gasteiger partial charge in [-0.2, -0.15) is 0 Å². The third-order valence-corrected chi connectivity index (χ3v) is 5.17. The first-order chi connectivity index (χ1) is 15.2. The number of anilines is 1. The molecule has 168 valence electrons. The molecule has 2 amide bonds. The Balaban J connectivity index is 1.90. The van der Waals surface area contributed by atoms with Crippen LogP contribution in [-0.2, 0) is 9.53 Å². The number of aliphatic hydroxyl groups is 1. The molecule has 0 radical (unpaired) electrons. The van der Waals surface area contributed by atoms with E-state index in [0.717, 1.165) is 6.42 Å². The molecule has 1 aromatic carbocycles. The van der Waals surface area contributed by atoms with Gasteiger partial charge in [0.1, 0.15) is 11.5 Å². The summed E-state index contributed by atoms with van der Waals surface area (Å²) in [5, 5.41) is 13.7. The standard InChI is InChI=1S/C23H27N5O4/c1-15(8-12-32-3)25-19-14-18(20(24)29)26-21(27-19)17-6-4-5-16(13-17)7-9-23(31)10-11-28(2)22(23)30/h4-6,13-15,31H,8,10-12H2,1-3H3,(H2,24,29)(H,25,26,27). The van der Waals surface area contributed by atoms with Gasteiger partial charge in [0.05, 0.1) is 0 Å². The van der Waals surface area contributed by atoms with E-state index in [0.29, 0.717) is 35.9 Å². The molecular weight excluding hydrogens is 410 g/mol. The molecule has 1 saturated heterocycles. The van der Waals surface area contributed by atoms with Crippen LogP contribution in [0.25, 0.3) is 11.4 Å². The van der Waals surface area contributed by atoms with Gasteiger partial charge in [-0.05, 0) is 25.5 Å². The number of nitrogens with two attached hydrogens (primary N) is 1. The Morgan fingerprint density at radius 3 is 2.84 bits per heavy atom. The smallest absolute Gasteiger partial charge is 0.267 e. The van der Waals surface area contributed by atoms with Crippen molar-refractivity contribution >= 4 is 17.6 Å². The summed E-state index contributed by atoms with van der Waals surface area (Å²) in [6, 6.07) is 8.60. The molecule has 3 rings (SSSR count). The normalized spacial score (nSPS) is 18.8. The molecule has 1 fully saturated rings. The summed E-state index contributed by atoms with van der Waals surface area (Å²) in [6.07, 6.45) is 1.01. The lowest BCUT2D eigenvalue weighted by Gasteiger charge is -2.15. The van der Waals surface area contributed by atoms with Gasteiger partial charge in [-0.15, -0.1) is 0 Å². The zero-order valence-electron chi connectivity index (χ0n) is 18.4. The van der Waals surface area contributed by atoms with Crippen LogP contribution in [0.3, 0.4) is 0 Å². The minimum absolute atomic E-state index is 0.0541. The van der Waals surface area contributed by atoms with Crippen LogP contribution in [0, 0.1) is 11.8 Å². The van der Waals surface area contributed by atoms with E-state index in [-0.39, 0.29) is 18.2 Å². The number of benzene rings is 1. The summed E-state index contributed by atoms with van der Waals surface area (Å²) in [5.41, 5.74) is 5.07. The minimum Gasteiger partial charge on any atom is -0.385 e. The van der Waals surface area contributed by atoms with Crippen LogP contribution in [0.5, 0.6) is 0 Å². The lowest BCUT2D eigenvalue weighted by atomic mass is 10.0. The number of hydrogen-bond donors (Lipinski definition) is 3. The largest absolute Gasteiger partial charge is 0.385 e. The summed E-state index contributed by atoms with van der Waals surface area (Å²) in [4.78, 5) is 34.2. The molecule has 9 nitrogen and oxygen atoms in total. The molecule has 0 spiro atoms. The highest BCUT2D eigenvalue weighted by Crippen LogP contribution is 2.22. The van der Waals surface area contributed by atoms with Crippen LogP contribution in [-0.4, -0.2) is 70.7 Å². The Kier molecular flexibility index (Phi) is 7.08. The average Bonchev–Trinajstić information content (AvgIpc) is 3.04. The summed E-state index contributed by atoms with van der Waals surface area (Å²) in [5.74, 6) is 5.27. The first-order valence-corrected chi connectivity index (χ1v) is 10.3. The number of primary amides is 1. The molecule has 0 aliphatic carbocycles. The number of nitrogens with one attached hydrogen (secondary N) is 1. The van der Waals surface area contributed by atoms with Crippen molar-refractivity contribution in [2.75, 3.05) is 32.6 Å². The summed E-state index contributed by atoms with van der Waals surface area (Å²) in [6.45, 7) is 3.02. The van der Waals surface area contributed by atoms with Crippen molar-refractivity contribution in [1.82, 2.24) is 14.9 Å². The number of rotatable bonds is 7. The van der Waals surface area contributed by atoms with Crippen LogP contribution in [0.1, 0.15) is 35.8 Å². The first-order valence-electron chi connectivity index (χ1n) is 10.3. The summed E-state index contributed by atoms with van der Waals surface area (Å²) in [7, 11) is 3.27. The molecular formula is C23H27N5O4. The monoisotopic (exact) mass is 437 g/mol. The van der Waals surface area contributed by atoms with E-state index in [4.69, 9.17) is 10.5 Å². The van der Waals surface area contributed by atoms with Gasteiger partial charge in [0.15, 0.2) is 5.82 Å². The Bertz CT molecular complexity index is 1080. The Morgan fingerprint density at radius 1 is 1.41 bits per heavy atom. The molecule has 9 heteroatoms. The topological polar surface area (TPSA) is 131 Å². The third-order valence-electron chi connectivity index (χ3n) is 5.17. The third kappa shape index (κ3) is 5.41. The maximum absolute atomic E-state index is 12.1. The molecule has 0 bridgehead atoms. The van der Waals surface area contributed by atoms with Crippen molar-refractivity contribution in [3.8, 4) is 23.2 Å². The number of aromatic nitrogens is 2. The Morgan fingerprint density at radius 2 is 2.19 bits per heavy atom. The fraction of sp³-hybridized carbons (Fsp3) is 0.391. The lowest BCUT2D eigenvalue weighted by Crippen LogP contribution is -2.37. The van der Waals surface area contributed by atoms with Crippen molar-refractivity contribution in [1.29, 1.82) is 0 Å². The minimum atomic E-state index is -1.68. The van der Waals surface area contributed by atoms with Crippen molar-refractivity contribution in [3.05, 3.63) is 41.6 Å². The summed E-state index contributed by atoms with van der Waals surface area (Å²) >= 11 is 0. The highest BCUT2D eigenvalue weighted by molar-refractivity contribution is 5.92. The van der Waals surface area contributed by atoms with Crippen LogP contribution in [0.4, 0.5) is 5.82 Å². The fourth-order valence-electron chi connectivity index (χ4n) is 3.28. The number of likely N-dealkylation sites (tertiary alicyclic amines) is 1. The number of hydrogen-bond acceptors (Lipinski definition) is 7. The second-order valence-corrected chi connectivity index (χ2v) is 7.82. The van der Waals surface area contributed by atoms with Crippen molar-refractivity contribution in [3.63, 3.8) is 0 Å². The molecule has 2 atom stereocenters. The second kappa shape index (κ2) is 9.77. The van der Waals surface area contributed by atoms with Crippen LogP contribution in [0.15, 0.2) is 30.3 Å². The average molecular weight is 438 g/mol. The predicted molar refractivity (Wildman–Crippen MR) is 120 cm³/mol. The first kappa shape index (κ1) is 23.2. The van der Waals surface area contributed by atoms with E-state index < -0.39 is 17.4 Å². The van der Waals surface area contributed by atoms with Gasteiger partial charge in [-0.3, -0.25) is 9.59 Å². The van der Waals surface area contributed by atoms with Gasteiger partial charge < -0.3 is 25.8 Å². The molecule has 1 aromatic heterocycles. The van der Waals surface area contributed by atoms with Gasteiger partial charge in [-0.25, -0.2) is 9.97 Å².